The van der Waals surface area contributed by atoms with Crippen LogP contribution < -0.4 is 10.1 Å². The fraction of sp³-hybridized carbons (Fsp3) is 0.320. The van der Waals surface area contributed by atoms with Crippen LogP contribution in [0.2, 0.25) is 0 Å². The van der Waals surface area contributed by atoms with Crippen molar-refractivity contribution >= 4 is 11.6 Å². The van der Waals surface area contributed by atoms with E-state index in [1.807, 2.05) is 31.2 Å². The molecule has 5 atom stereocenters. The van der Waals surface area contributed by atoms with E-state index in [1.54, 1.807) is 0 Å². The molecule has 0 heterocycles. The number of carbonyl (C=O) groups is 1. The predicted molar refractivity (Wildman–Crippen MR) is 112 cm³/mol. The van der Waals surface area contributed by atoms with E-state index in [-0.39, 0.29) is 17.7 Å². The van der Waals surface area contributed by atoms with Crippen molar-refractivity contribution in [3.8, 4) is 5.75 Å². The molecule has 0 aliphatic heterocycles. The lowest BCUT2D eigenvalue weighted by molar-refractivity contribution is -0.122. The van der Waals surface area contributed by atoms with Crippen molar-refractivity contribution < 1.29 is 9.53 Å². The number of amides is 1. The van der Waals surface area contributed by atoms with Crippen LogP contribution in [0, 0.1) is 17.8 Å². The average molecular weight is 371 g/mol. The van der Waals surface area contributed by atoms with E-state index in [9.17, 15) is 4.79 Å². The summed E-state index contributed by atoms with van der Waals surface area (Å²) in [6.07, 6.45) is 9.87. The molecule has 1 amide bonds. The average Bonchev–Trinajstić information content (AvgIpc) is 2.75. The first-order chi connectivity index (χ1) is 13.8. The highest BCUT2D eigenvalue weighted by molar-refractivity contribution is 5.95. The second kappa shape index (κ2) is 6.97. The smallest absolute Gasteiger partial charge is 0.228 e. The van der Waals surface area contributed by atoms with E-state index in [1.165, 1.54) is 11.1 Å². The van der Waals surface area contributed by atoms with Gasteiger partial charge in [-0.3, -0.25) is 4.79 Å². The van der Waals surface area contributed by atoms with Gasteiger partial charge in [0.15, 0.2) is 0 Å². The molecule has 0 unspecified atom stereocenters. The molecule has 2 aromatic rings. The Kier molecular flexibility index (Phi) is 4.31. The van der Waals surface area contributed by atoms with Crippen molar-refractivity contribution in [2.75, 3.05) is 11.9 Å². The van der Waals surface area contributed by atoms with Gasteiger partial charge in [-0.15, -0.1) is 0 Å². The molecular weight excluding hydrogens is 346 g/mol. The lowest BCUT2D eigenvalue weighted by atomic mass is 9.51. The highest BCUT2D eigenvalue weighted by Gasteiger charge is 2.52. The molecule has 28 heavy (non-hydrogen) atoms. The minimum Gasteiger partial charge on any atom is -0.492 e. The molecule has 0 aromatic heterocycles. The fourth-order valence-electron chi connectivity index (χ4n) is 5.51. The molecule has 0 radical (unpaired) electrons. The lowest BCUT2D eigenvalue weighted by Gasteiger charge is -2.52. The minimum absolute atomic E-state index is 0.0213. The van der Waals surface area contributed by atoms with Gasteiger partial charge < -0.3 is 10.1 Å². The second-order valence-corrected chi connectivity index (χ2v) is 7.95. The summed E-state index contributed by atoms with van der Waals surface area (Å²) in [5, 5.41) is 3.17. The standard InChI is InChI=1S/C25H25NO2/c1-2-28-23-14-8-7-13-22(23)26-25(27)21-15-20-16-9-3-5-11-18(16)24(21)19-12-6-4-10-17(19)20/h3-14,16,18,20-21,24H,2,15H2,1H3,(H,26,27)/t16-,18-,20+,21+,24-/m0/s1. The van der Waals surface area contributed by atoms with E-state index in [0.29, 0.717) is 24.4 Å². The SMILES string of the molecule is CCOc1ccccc1NC(=O)[C@@H]1C[C@H]2c3ccccc3[C@@H]1[C@H]1C=CC=C[C@@H]12. The Labute approximate surface area is 166 Å². The molecule has 4 aliphatic rings. The van der Waals surface area contributed by atoms with Crippen LogP contribution in [0.3, 0.4) is 0 Å². The quantitative estimate of drug-likeness (QED) is 0.794. The molecule has 2 aromatic carbocycles. The van der Waals surface area contributed by atoms with Crippen LogP contribution in [0.1, 0.15) is 36.3 Å². The molecule has 2 bridgehead atoms. The number of nitrogens with one attached hydrogen (secondary N) is 1. The first kappa shape index (κ1) is 17.3. The first-order valence-corrected chi connectivity index (χ1v) is 10.2. The molecule has 3 heteroatoms. The van der Waals surface area contributed by atoms with Crippen LogP contribution in [-0.4, -0.2) is 12.5 Å². The highest BCUT2D eigenvalue weighted by atomic mass is 16.5. The molecule has 1 saturated carbocycles. The molecular formula is C25H25NO2. The van der Waals surface area contributed by atoms with Crippen molar-refractivity contribution in [2.45, 2.75) is 25.2 Å². The van der Waals surface area contributed by atoms with Gasteiger partial charge >= 0.3 is 0 Å². The number of fused-ring (bicyclic) bond motifs is 1. The summed E-state index contributed by atoms with van der Waals surface area (Å²) >= 11 is 0. The number of hydrogen-bond donors (Lipinski definition) is 1. The number of carbonyl (C=O) groups excluding carboxylic acids is 1. The third-order valence-corrected chi connectivity index (χ3v) is 6.58. The van der Waals surface area contributed by atoms with Crippen LogP contribution in [0.5, 0.6) is 5.75 Å². The third-order valence-electron chi connectivity index (χ3n) is 6.58. The summed E-state index contributed by atoms with van der Waals surface area (Å²) in [6, 6.07) is 16.4. The predicted octanol–water partition coefficient (Wildman–Crippen LogP) is 5.28. The van der Waals surface area contributed by atoms with Gasteiger partial charge in [0.2, 0.25) is 5.91 Å². The van der Waals surface area contributed by atoms with Crippen molar-refractivity contribution in [2.24, 2.45) is 17.8 Å². The van der Waals surface area contributed by atoms with Gasteiger partial charge in [0.1, 0.15) is 5.75 Å². The number of benzene rings is 2. The van der Waals surface area contributed by atoms with Gasteiger partial charge in [-0.05, 0) is 54.4 Å². The summed E-state index contributed by atoms with van der Waals surface area (Å²) in [7, 11) is 0. The fourth-order valence-corrected chi connectivity index (χ4v) is 5.51. The Bertz CT molecular complexity index is 961. The highest BCUT2D eigenvalue weighted by Crippen LogP contribution is 2.59. The maximum atomic E-state index is 13.4. The van der Waals surface area contributed by atoms with Crippen molar-refractivity contribution in [1.82, 2.24) is 0 Å². The molecule has 0 saturated heterocycles. The maximum Gasteiger partial charge on any atom is 0.228 e. The number of rotatable bonds is 4. The summed E-state index contributed by atoms with van der Waals surface area (Å²) in [4.78, 5) is 13.4. The Hall–Kier alpha value is -2.81. The van der Waals surface area contributed by atoms with Gasteiger partial charge in [-0.25, -0.2) is 0 Å². The van der Waals surface area contributed by atoms with Crippen molar-refractivity contribution in [3.63, 3.8) is 0 Å². The Morgan fingerprint density at radius 2 is 1.71 bits per heavy atom. The first-order valence-electron chi connectivity index (χ1n) is 10.2. The zero-order valence-electron chi connectivity index (χ0n) is 16.0. The zero-order valence-corrected chi connectivity index (χ0v) is 16.0. The molecule has 142 valence electrons. The monoisotopic (exact) mass is 371 g/mol. The Morgan fingerprint density at radius 3 is 2.54 bits per heavy atom. The Morgan fingerprint density at radius 1 is 1.00 bits per heavy atom. The zero-order chi connectivity index (χ0) is 19.1. The number of ether oxygens (including phenoxy) is 1. The van der Waals surface area contributed by atoms with E-state index in [4.69, 9.17) is 4.74 Å². The number of hydrogen-bond acceptors (Lipinski definition) is 2. The number of allylic oxidation sites excluding steroid dienone is 4. The lowest BCUT2D eigenvalue weighted by Crippen LogP contribution is -2.46. The molecule has 6 rings (SSSR count). The van der Waals surface area contributed by atoms with Gasteiger partial charge in [-0.1, -0.05) is 60.7 Å². The molecule has 1 fully saturated rings. The van der Waals surface area contributed by atoms with Crippen molar-refractivity contribution in [3.05, 3.63) is 84.0 Å². The molecule has 3 nitrogen and oxygen atoms in total. The van der Waals surface area contributed by atoms with E-state index in [0.717, 1.165) is 17.9 Å². The third kappa shape index (κ3) is 2.69. The van der Waals surface area contributed by atoms with Crippen molar-refractivity contribution in [1.29, 1.82) is 0 Å². The van der Waals surface area contributed by atoms with Gasteiger partial charge in [0, 0.05) is 11.8 Å². The van der Waals surface area contributed by atoms with Gasteiger partial charge in [-0.2, -0.15) is 0 Å². The minimum atomic E-state index is -0.0213. The Balaban J connectivity index is 1.48. The summed E-state index contributed by atoms with van der Waals surface area (Å²) < 4.78 is 5.69. The summed E-state index contributed by atoms with van der Waals surface area (Å²) in [6.45, 7) is 2.54. The topological polar surface area (TPSA) is 38.3 Å². The summed E-state index contributed by atoms with van der Waals surface area (Å²) in [5.41, 5.74) is 3.56. The number of para-hydroxylation sites is 2. The molecule has 0 spiro atoms. The molecule has 4 aliphatic carbocycles. The van der Waals surface area contributed by atoms with Gasteiger partial charge in [0.05, 0.1) is 12.3 Å². The normalized spacial score (nSPS) is 29.1. The summed E-state index contributed by atoms with van der Waals surface area (Å²) in [5.74, 6) is 2.36. The van der Waals surface area contributed by atoms with E-state index < -0.39 is 0 Å². The van der Waals surface area contributed by atoms with Crippen LogP contribution in [-0.2, 0) is 4.79 Å². The van der Waals surface area contributed by atoms with Crippen LogP contribution in [0.15, 0.2) is 72.8 Å². The second-order valence-electron chi connectivity index (χ2n) is 7.95. The maximum absolute atomic E-state index is 13.4. The van der Waals surface area contributed by atoms with Gasteiger partial charge in [0.25, 0.3) is 0 Å². The van der Waals surface area contributed by atoms with Crippen LogP contribution in [0.4, 0.5) is 5.69 Å². The number of anilines is 1. The van der Waals surface area contributed by atoms with E-state index in [2.05, 4.69) is 53.9 Å². The van der Waals surface area contributed by atoms with Crippen LogP contribution >= 0.6 is 0 Å². The largest absolute Gasteiger partial charge is 0.492 e. The van der Waals surface area contributed by atoms with Crippen LogP contribution in [0.25, 0.3) is 0 Å². The van der Waals surface area contributed by atoms with E-state index >= 15 is 0 Å². The molecule has 1 N–H and O–H groups in total.